The maximum atomic E-state index is 10.4. The molecule has 1 atom stereocenters. The summed E-state index contributed by atoms with van der Waals surface area (Å²) >= 11 is 1.28. The maximum absolute atomic E-state index is 10.4. The molecule has 10 heavy (non-hydrogen) atoms. The Bertz CT molecular complexity index is 221. The molecule has 1 rings (SSSR count). The highest BCUT2D eigenvalue weighted by Gasteiger charge is 2.14. The summed E-state index contributed by atoms with van der Waals surface area (Å²) in [5, 5.41) is 2.22. The van der Waals surface area contributed by atoms with Crippen LogP contribution in [0.2, 0.25) is 0 Å². The molecule has 3 N–H and O–H groups in total. The van der Waals surface area contributed by atoms with Gasteiger partial charge in [0.2, 0.25) is 0 Å². The van der Waals surface area contributed by atoms with Gasteiger partial charge in [0, 0.05) is 11.6 Å². The summed E-state index contributed by atoms with van der Waals surface area (Å²) in [6, 6.07) is -0.861. The second kappa shape index (κ2) is 2.76. The van der Waals surface area contributed by atoms with Gasteiger partial charge < -0.3 is 5.73 Å². The normalized spacial score (nSPS) is 12.9. The van der Waals surface area contributed by atoms with Crippen molar-refractivity contribution in [2.24, 2.45) is 5.73 Å². The van der Waals surface area contributed by atoms with E-state index in [4.69, 9.17) is 11.5 Å². The van der Waals surface area contributed by atoms with E-state index in [1.807, 2.05) is 0 Å². The Morgan fingerprint density at radius 3 is 3.00 bits per heavy atom. The van der Waals surface area contributed by atoms with Crippen molar-refractivity contribution in [3.8, 4) is 0 Å². The van der Waals surface area contributed by atoms with Crippen LogP contribution in [0.5, 0.6) is 0 Å². The summed E-state index contributed by atoms with van der Waals surface area (Å²) in [7, 11) is 0. The van der Waals surface area contributed by atoms with Crippen molar-refractivity contribution >= 4 is 17.2 Å². The number of nitrogens with two attached hydrogens (primary N) is 1. The third-order valence-electron chi connectivity index (χ3n) is 1.000. The van der Waals surface area contributed by atoms with Crippen molar-refractivity contribution in [1.29, 1.82) is 0 Å². The standard InChI is InChI=1S/C5H6N3OS/c6-3(4(7)9)5-8-1-2-10-5/h1-3,7H,6H2. The number of rotatable bonds is 2. The summed E-state index contributed by atoms with van der Waals surface area (Å²) in [6.45, 7) is 0. The third-order valence-corrected chi connectivity index (χ3v) is 1.86. The highest BCUT2D eigenvalue weighted by atomic mass is 32.1. The summed E-state index contributed by atoms with van der Waals surface area (Å²) in [5.74, 6) is -0.796. The molecule has 0 saturated heterocycles. The zero-order valence-corrected chi connectivity index (χ0v) is 5.89. The number of aromatic nitrogens is 1. The molecule has 0 fully saturated rings. The first kappa shape index (κ1) is 7.17. The van der Waals surface area contributed by atoms with E-state index in [9.17, 15) is 4.79 Å². The Kier molecular flexibility index (Phi) is 1.98. The smallest absolute Gasteiger partial charge is 0.262 e. The first-order valence-electron chi connectivity index (χ1n) is 2.62. The van der Waals surface area contributed by atoms with Gasteiger partial charge in [-0.1, -0.05) is 0 Å². The molecule has 0 spiro atoms. The fourth-order valence-corrected chi connectivity index (χ4v) is 1.14. The lowest BCUT2D eigenvalue weighted by atomic mass is 10.3. The molecular weight excluding hydrogens is 150 g/mol. The van der Waals surface area contributed by atoms with Crippen molar-refractivity contribution in [3.05, 3.63) is 16.6 Å². The summed E-state index contributed by atoms with van der Waals surface area (Å²) in [6.07, 6.45) is 1.56. The van der Waals surface area contributed by atoms with Gasteiger partial charge in [-0.05, 0) is 0 Å². The van der Waals surface area contributed by atoms with Gasteiger partial charge in [-0.25, -0.2) is 4.98 Å². The lowest BCUT2D eigenvalue weighted by Gasteiger charge is -1.98. The number of carbonyl (C=O) groups excluding carboxylic acids is 1. The summed E-state index contributed by atoms with van der Waals surface area (Å²) in [5.41, 5.74) is 12.0. The second-order valence-corrected chi connectivity index (χ2v) is 2.64. The van der Waals surface area contributed by atoms with Gasteiger partial charge in [0.1, 0.15) is 11.0 Å². The Balaban J connectivity index is 2.77. The topological polar surface area (TPSA) is 79.8 Å². The molecule has 1 aromatic rings. The average molecular weight is 156 g/mol. The fraction of sp³-hybridized carbons (Fsp3) is 0.200. The van der Waals surface area contributed by atoms with Gasteiger partial charge >= 0.3 is 0 Å². The van der Waals surface area contributed by atoms with Gasteiger partial charge in [0.05, 0.1) is 0 Å². The molecular formula is C5H6N3OS. The van der Waals surface area contributed by atoms with E-state index >= 15 is 0 Å². The van der Waals surface area contributed by atoms with Gasteiger partial charge in [-0.2, -0.15) is 0 Å². The Labute approximate surface area is 61.9 Å². The first-order valence-corrected chi connectivity index (χ1v) is 3.50. The molecule has 0 aliphatic heterocycles. The van der Waals surface area contributed by atoms with E-state index in [1.54, 1.807) is 11.6 Å². The van der Waals surface area contributed by atoms with Crippen molar-refractivity contribution in [1.82, 2.24) is 10.7 Å². The van der Waals surface area contributed by atoms with Crippen LogP contribution in [0.15, 0.2) is 11.6 Å². The van der Waals surface area contributed by atoms with Crippen molar-refractivity contribution in [2.45, 2.75) is 6.04 Å². The third kappa shape index (κ3) is 1.31. The largest absolute Gasteiger partial charge is 0.314 e. The van der Waals surface area contributed by atoms with E-state index in [0.29, 0.717) is 5.01 Å². The summed E-state index contributed by atoms with van der Waals surface area (Å²) in [4.78, 5) is 14.1. The second-order valence-electron chi connectivity index (χ2n) is 1.71. The highest BCUT2D eigenvalue weighted by Crippen LogP contribution is 2.11. The van der Waals surface area contributed by atoms with Crippen LogP contribution in [-0.4, -0.2) is 10.9 Å². The SMILES string of the molecule is [NH]C(=O)C(N)c1nccs1. The molecule has 5 heteroatoms. The number of carbonyl (C=O) groups is 1. The van der Waals surface area contributed by atoms with Crippen molar-refractivity contribution in [3.63, 3.8) is 0 Å². The van der Waals surface area contributed by atoms with Gasteiger partial charge in [-0.15, -0.1) is 11.3 Å². The van der Waals surface area contributed by atoms with E-state index in [2.05, 4.69) is 4.98 Å². The number of thiazole rings is 1. The number of nitrogens with one attached hydrogen (secondary N) is 1. The molecule has 0 aromatic carbocycles. The molecule has 0 aliphatic rings. The van der Waals surface area contributed by atoms with Gasteiger partial charge in [0.15, 0.2) is 0 Å². The van der Waals surface area contributed by atoms with Crippen molar-refractivity contribution in [2.75, 3.05) is 0 Å². The Hall–Kier alpha value is -0.940. The summed E-state index contributed by atoms with van der Waals surface area (Å²) < 4.78 is 0. The van der Waals surface area contributed by atoms with E-state index < -0.39 is 11.9 Å². The van der Waals surface area contributed by atoms with Crippen LogP contribution in [-0.2, 0) is 4.79 Å². The quantitative estimate of drug-likeness (QED) is 0.652. The van der Waals surface area contributed by atoms with Crippen LogP contribution < -0.4 is 11.5 Å². The number of amides is 1. The molecule has 1 unspecified atom stereocenters. The van der Waals surface area contributed by atoms with Gasteiger partial charge in [0.25, 0.3) is 5.91 Å². The minimum absolute atomic E-state index is 0.500. The molecule has 1 heterocycles. The number of nitrogens with zero attached hydrogens (tertiary/aromatic N) is 1. The first-order chi connectivity index (χ1) is 4.72. The van der Waals surface area contributed by atoms with Gasteiger partial charge in [-0.3, -0.25) is 10.5 Å². The fourth-order valence-electron chi connectivity index (χ4n) is 0.500. The van der Waals surface area contributed by atoms with E-state index in [1.165, 1.54) is 11.3 Å². The minimum atomic E-state index is -0.861. The predicted octanol–water partition coefficient (Wildman–Crippen LogP) is -0.0476. The minimum Gasteiger partial charge on any atom is -0.314 e. The van der Waals surface area contributed by atoms with Crippen LogP contribution in [0, 0.1) is 0 Å². The lowest BCUT2D eigenvalue weighted by Crippen LogP contribution is -2.21. The molecule has 1 radical (unpaired) electrons. The van der Waals surface area contributed by atoms with Crippen LogP contribution >= 0.6 is 11.3 Å². The highest BCUT2D eigenvalue weighted by molar-refractivity contribution is 7.09. The Morgan fingerprint density at radius 1 is 1.90 bits per heavy atom. The monoisotopic (exact) mass is 156 g/mol. The molecule has 1 amide bonds. The number of hydrogen-bond acceptors (Lipinski definition) is 4. The Morgan fingerprint density at radius 2 is 2.60 bits per heavy atom. The maximum Gasteiger partial charge on any atom is 0.262 e. The van der Waals surface area contributed by atoms with E-state index in [-0.39, 0.29) is 0 Å². The van der Waals surface area contributed by atoms with Crippen LogP contribution in [0.1, 0.15) is 11.0 Å². The van der Waals surface area contributed by atoms with Crippen LogP contribution in [0.3, 0.4) is 0 Å². The lowest BCUT2D eigenvalue weighted by molar-refractivity contribution is -0.120. The molecule has 0 bridgehead atoms. The zero-order valence-electron chi connectivity index (χ0n) is 5.07. The average Bonchev–Trinajstić information content (AvgIpc) is 2.36. The molecule has 0 saturated carbocycles. The van der Waals surface area contributed by atoms with E-state index in [0.717, 1.165) is 0 Å². The predicted molar refractivity (Wildman–Crippen MR) is 37.1 cm³/mol. The molecule has 0 aliphatic carbocycles. The van der Waals surface area contributed by atoms with Crippen LogP contribution in [0.4, 0.5) is 0 Å². The molecule has 1 aromatic heterocycles. The van der Waals surface area contributed by atoms with Crippen molar-refractivity contribution < 1.29 is 4.79 Å². The zero-order chi connectivity index (χ0) is 7.56. The van der Waals surface area contributed by atoms with Crippen LogP contribution in [0.25, 0.3) is 0 Å². The molecule has 4 nitrogen and oxygen atoms in total. The molecule has 53 valence electrons. The number of hydrogen-bond donors (Lipinski definition) is 1.